The van der Waals surface area contributed by atoms with Crippen LogP contribution in [0.4, 0.5) is 17.2 Å². The van der Waals surface area contributed by atoms with Crippen molar-refractivity contribution in [3.05, 3.63) is 48.2 Å². The molecule has 0 saturated carbocycles. The lowest BCUT2D eigenvalue weighted by molar-refractivity contribution is -0.116. The summed E-state index contributed by atoms with van der Waals surface area (Å²) in [5.74, 6) is 1.11. The monoisotopic (exact) mass is 297 g/mol. The molecule has 4 heteroatoms. The third-order valence-electron chi connectivity index (χ3n) is 3.37. The van der Waals surface area contributed by atoms with Gasteiger partial charge in [0.2, 0.25) is 5.91 Å². The molecule has 0 unspecified atom stereocenters. The Labute approximate surface area is 132 Å². The first-order valence-electron chi connectivity index (χ1n) is 7.71. The molecule has 1 aromatic carbocycles. The molecule has 0 aliphatic heterocycles. The second-order valence-electron chi connectivity index (χ2n) is 5.63. The number of hydrogen-bond donors (Lipinski definition) is 2. The first-order valence-corrected chi connectivity index (χ1v) is 7.71. The Morgan fingerprint density at radius 1 is 1.09 bits per heavy atom. The maximum absolute atomic E-state index is 11.5. The molecule has 1 aromatic heterocycles. The zero-order chi connectivity index (χ0) is 15.9. The van der Waals surface area contributed by atoms with Gasteiger partial charge in [0, 0.05) is 12.1 Å². The van der Waals surface area contributed by atoms with Crippen LogP contribution in [0, 0.1) is 0 Å². The maximum atomic E-state index is 11.5. The van der Waals surface area contributed by atoms with Crippen molar-refractivity contribution in [3.8, 4) is 0 Å². The molecule has 1 heterocycles. The Morgan fingerprint density at radius 2 is 1.77 bits per heavy atom. The van der Waals surface area contributed by atoms with E-state index in [2.05, 4.69) is 53.7 Å². The summed E-state index contributed by atoms with van der Waals surface area (Å²) in [7, 11) is 0. The van der Waals surface area contributed by atoms with Gasteiger partial charge in [-0.15, -0.1) is 0 Å². The van der Waals surface area contributed by atoms with E-state index in [0.29, 0.717) is 18.2 Å². The highest BCUT2D eigenvalue weighted by Gasteiger charge is 2.03. The molecule has 0 aliphatic rings. The predicted molar refractivity (Wildman–Crippen MR) is 91.6 cm³/mol. The van der Waals surface area contributed by atoms with E-state index in [1.54, 1.807) is 12.3 Å². The number of hydrogen-bond acceptors (Lipinski definition) is 3. The predicted octanol–water partition coefficient (Wildman–Crippen LogP) is 4.69. The van der Waals surface area contributed by atoms with Gasteiger partial charge in [-0.1, -0.05) is 32.9 Å². The van der Waals surface area contributed by atoms with Crippen LogP contribution < -0.4 is 10.6 Å². The molecule has 0 bridgehead atoms. The number of benzene rings is 1. The molecule has 0 aliphatic carbocycles. The highest BCUT2D eigenvalue weighted by molar-refractivity contribution is 5.89. The topological polar surface area (TPSA) is 54.0 Å². The largest absolute Gasteiger partial charge is 0.354 e. The summed E-state index contributed by atoms with van der Waals surface area (Å²) in [5.41, 5.74) is 3.23. The normalized spacial score (nSPS) is 10.5. The number of amides is 1. The number of anilines is 3. The standard InChI is InChI=1S/C18H23N3O/c1-4-5-18(22)21-17-11-10-16(12-19-17)20-15-8-6-14(7-9-15)13(2)3/h6-13,20H,4-5H2,1-3H3,(H,19,21,22). The van der Waals surface area contributed by atoms with Crippen LogP contribution in [0.2, 0.25) is 0 Å². The summed E-state index contributed by atoms with van der Waals surface area (Å²) < 4.78 is 0. The fourth-order valence-corrected chi connectivity index (χ4v) is 2.09. The zero-order valence-electron chi connectivity index (χ0n) is 13.4. The van der Waals surface area contributed by atoms with Crippen molar-refractivity contribution in [2.24, 2.45) is 0 Å². The van der Waals surface area contributed by atoms with E-state index in [9.17, 15) is 4.79 Å². The Balaban J connectivity index is 1.97. The summed E-state index contributed by atoms with van der Waals surface area (Å²) >= 11 is 0. The van der Waals surface area contributed by atoms with Gasteiger partial charge in [0.05, 0.1) is 11.9 Å². The van der Waals surface area contributed by atoms with Crippen molar-refractivity contribution in [2.45, 2.75) is 39.5 Å². The van der Waals surface area contributed by atoms with E-state index in [1.165, 1.54) is 5.56 Å². The van der Waals surface area contributed by atoms with Gasteiger partial charge in [-0.05, 0) is 42.2 Å². The van der Waals surface area contributed by atoms with Crippen molar-refractivity contribution >= 4 is 23.1 Å². The SMILES string of the molecule is CCCC(=O)Nc1ccc(Nc2ccc(C(C)C)cc2)cn1. The summed E-state index contributed by atoms with van der Waals surface area (Å²) in [6, 6.07) is 12.1. The third-order valence-corrected chi connectivity index (χ3v) is 3.37. The van der Waals surface area contributed by atoms with Gasteiger partial charge in [-0.3, -0.25) is 4.79 Å². The zero-order valence-corrected chi connectivity index (χ0v) is 13.4. The first kappa shape index (κ1) is 16.0. The number of nitrogens with one attached hydrogen (secondary N) is 2. The molecule has 2 N–H and O–H groups in total. The van der Waals surface area contributed by atoms with Crippen LogP contribution >= 0.6 is 0 Å². The fourth-order valence-electron chi connectivity index (χ4n) is 2.09. The molecule has 0 saturated heterocycles. The molecule has 22 heavy (non-hydrogen) atoms. The van der Waals surface area contributed by atoms with Gasteiger partial charge in [-0.25, -0.2) is 4.98 Å². The first-order chi connectivity index (χ1) is 10.6. The van der Waals surface area contributed by atoms with Gasteiger partial charge in [0.1, 0.15) is 5.82 Å². The second kappa shape index (κ2) is 7.59. The molecule has 0 spiro atoms. The smallest absolute Gasteiger partial charge is 0.225 e. The van der Waals surface area contributed by atoms with Gasteiger partial charge < -0.3 is 10.6 Å². The average Bonchev–Trinajstić information content (AvgIpc) is 2.50. The number of nitrogens with zero attached hydrogens (tertiary/aromatic N) is 1. The minimum atomic E-state index is -0.0000154. The highest BCUT2D eigenvalue weighted by atomic mass is 16.1. The molecule has 0 fully saturated rings. The maximum Gasteiger partial charge on any atom is 0.225 e. The molecule has 2 aromatic rings. The number of rotatable bonds is 6. The molecular formula is C18H23N3O. The van der Waals surface area contributed by atoms with Crippen molar-refractivity contribution in [2.75, 3.05) is 10.6 Å². The highest BCUT2D eigenvalue weighted by Crippen LogP contribution is 2.20. The van der Waals surface area contributed by atoms with Crippen LogP contribution in [0.1, 0.15) is 45.1 Å². The van der Waals surface area contributed by atoms with Gasteiger partial charge in [-0.2, -0.15) is 0 Å². The van der Waals surface area contributed by atoms with Crippen molar-refractivity contribution in [1.29, 1.82) is 0 Å². The number of carbonyl (C=O) groups is 1. The molecular weight excluding hydrogens is 274 g/mol. The molecule has 2 rings (SSSR count). The Bertz CT molecular complexity index is 603. The van der Waals surface area contributed by atoms with E-state index in [-0.39, 0.29) is 5.91 Å². The Morgan fingerprint density at radius 3 is 2.32 bits per heavy atom. The lowest BCUT2D eigenvalue weighted by Crippen LogP contribution is -2.11. The molecule has 116 valence electrons. The van der Waals surface area contributed by atoms with Crippen molar-refractivity contribution in [3.63, 3.8) is 0 Å². The van der Waals surface area contributed by atoms with Crippen LogP contribution in [-0.2, 0) is 4.79 Å². The van der Waals surface area contributed by atoms with Crippen LogP contribution in [-0.4, -0.2) is 10.9 Å². The van der Waals surface area contributed by atoms with Gasteiger partial charge in [0.25, 0.3) is 0 Å². The Hall–Kier alpha value is -2.36. The lowest BCUT2D eigenvalue weighted by atomic mass is 10.0. The minimum Gasteiger partial charge on any atom is -0.354 e. The van der Waals surface area contributed by atoms with Crippen LogP contribution in [0.25, 0.3) is 0 Å². The summed E-state index contributed by atoms with van der Waals surface area (Å²) in [4.78, 5) is 15.8. The van der Waals surface area contributed by atoms with E-state index >= 15 is 0 Å². The molecule has 4 nitrogen and oxygen atoms in total. The minimum absolute atomic E-state index is 0.0000154. The average molecular weight is 297 g/mol. The third kappa shape index (κ3) is 4.58. The number of carbonyl (C=O) groups excluding carboxylic acids is 1. The van der Waals surface area contributed by atoms with E-state index in [4.69, 9.17) is 0 Å². The van der Waals surface area contributed by atoms with E-state index in [1.807, 2.05) is 13.0 Å². The summed E-state index contributed by atoms with van der Waals surface area (Å²) in [6.45, 7) is 6.33. The molecule has 0 atom stereocenters. The van der Waals surface area contributed by atoms with E-state index < -0.39 is 0 Å². The number of aromatic nitrogens is 1. The van der Waals surface area contributed by atoms with Crippen molar-refractivity contribution < 1.29 is 4.79 Å². The molecule has 1 amide bonds. The fraction of sp³-hybridized carbons (Fsp3) is 0.333. The summed E-state index contributed by atoms with van der Waals surface area (Å²) in [6.07, 6.45) is 3.07. The van der Waals surface area contributed by atoms with Crippen LogP contribution in [0.5, 0.6) is 0 Å². The lowest BCUT2D eigenvalue weighted by Gasteiger charge is -2.10. The van der Waals surface area contributed by atoms with E-state index in [0.717, 1.165) is 17.8 Å². The van der Waals surface area contributed by atoms with Gasteiger partial charge >= 0.3 is 0 Å². The van der Waals surface area contributed by atoms with Crippen LogP contribution in [0.15, 0.2) is 42.6 Å². The Kier molecular flexibility index (Phi) is 5.53. The summed E-state index contributed by atoms with van der Waals surface area (Å²) in [5, 5.41) is 6.08. The van der Waals surface area contributed by atoms with Crippen molar-refractivity contribution in [1.82, 2.24) is 4.98 Å². The van der Waals surface area contributed by atoms with Crippen LogP contribution in [0.3, 0.4) is 0 Å². The number of pyridine rings is 1. The second-order valence-corrected chi connectivity index (χ2v) is 5.63. The quantitative estimate of drug-likeness (QED) is 0.813. The molecule has 0 radical (unpaired) electrons. The van der Waals surface area contributed by atoms with Gasteiger partial charge in [0.15, 0.2) is 0 Å².